The van der Waals surface area contributed by atoms with Crippen LogP contribution in [-0.2, 0) is 6.61 Å². The van der Waals surface area contributed by atoms with Crippen molar-refractivity contribution in [1.29, 1.82) is 0 Å². The van der Waals surface area contributed by atoms with Gasteiger partial charge in [0.15, 0.2) is 0 Å². The Hall–Kier alpha value is -2.00. The van der Waals surface area contributed by atoms with Crippen LogP contribution in [0.4, 0.5) is 0 Å². The molecule has 0 saturated heterocycles. The average molecular weight is 271 g/mol. The van der Waals surface area contributed by atoms with Gasteiger partial charge in [0.1, 0.15) is 18.1 Å². The van der Waals surface area contributed by atoms with Gasteiger partial charge in [-0.1, -0.05) is 29.8 Å². The van der Waals surface area contributed by atoms with Crippen LogP contribution in [0.15, 0.2) is 42.5 Å². The van der Waals surface area contributed by atoms with Crippen molar-refractivity contribution in [1.82, 2.24) is 0 Å². The molecule has 0 unspecified atom stereocenters. The SMILES string of the molecule is COc1ccc(C)cc1COc1ccccc1[C@H](C)N. The lowest BCUT2D eigenvalue weighted by Gasteiger charge is -2.15. The Bertz CT molecular complexity index is 579. The molecule has 2 aromatic rings. The maximum Gasteiger partial charge on any atom is 0.125 e. The molecule has 0 heterocycles. The number of aryl methyl sites for hydroxylation is 1. The van der Waals surface area contributed by atoms with Gasteiger partial charge in [-0.15, -0.1) is 0 Å². The first-order chi connectivity index (χ1) is 9.61. The summed E-state index contributed by atoms with van der Waals surface area (Å²) in [4.78, 5) is 0. The van der Waals surface area contributed by atoms with Crippen LogP contribution >= 0.6 is 0 Å². The van der Waals surface area contributed by atoms with Gasteiger partial charge in [-0.25, -0.2) is 0 Å². The zero-order valence-electron chi connectivity index (χ0n) is 12.2. The minimum atomic E-state index is -0.0504. The zero-order chi connectivity index (χ0) is 14.5. The second-order valence-corrected chi connectivity index (χ2v) is 4.93. The Morgan fingerprint density at radius 2 is 1.85 bits per heavy atom. The molecule has 3 heteroatoms. The molecule has 3 nitrogen and oxygen atoms in total. The second-order valence-electron chi connectivity index (χ2n) is 4.93. The van der Waals surface area contributed by atoms with E-state index in [0.29, 0.717) is 6.61 Å². The fourth-order valence-corrected chi connectivity index (χ4v) is 2.16. The summed E-state index contributed by atoms with van der Waals surface area (Å²) in [5, 5.41) is 0. The van der Waals surface area contributed by atoms with Crippen molar-refractivity contribution in [2.24, 2.45) is 5.73 Å². The first-order valence-corrected chi connectivity index (χ1v) is 6.72. The van der Waals surface area contributed by atoms with Gasteiger partial charge in [0.25, 0.3) is 0 Å². The van der Waals surface area contributed by atoms with Gasteiger partial charge in [0.2, 0.25) is 0 Å². The third-order valence-corrected chi connectivity index (χ3v) is 3.23. The van der Waals surface area contributed by atoms with Gasteiger partial charge in [-0.3, -0.25) is 0 Å². The molecule has 2 rings (SSSR count). The van der Waals surface area contributed by atoms with Crippen LogP contribution in [0.3, 0.4) is 0 Å². The summed E-state index contributed by atoms with van der Waals surface area (Å²) < 4.78 is 11.3. The summed E-state index contributed by atoms with van der Waals surface area (Å²) in [5.74, 6) is 1.67. The van der Waals surface area contributed by atoms with Gasteiger partial charge in [0.05, 0.1) is 7.11 Å². The highest BCUT2D eigenvalue weighted by atomic mass is 16.5. The van der Waals surface area contributed by atoms with Gasteiger partial charge in [-0.05, 0) is 32.0 Å². The monoisotopic (exact) mass is 271 g/mol. The third kappa shape index (κ3) is 3.31. The molecule has 0 aliphatic rings. The number of methoxy groups -OCH3 is 1. The summed E-state index contributed by atoms with van der Waals surface area (Å²) in [6.07, 6.45) is 0. The van der Waals surface area contributed by atoms with Crippen LogP contribution in [0, 0.1) is 6.92 Å². The standard InChI is InChI=1S/C17H21NO2/c1-12-8-9-16(19-3)14(10-12)11-20-17-7-5-4-6-15(17)13(2)18/h4-10,13H,11,18H2,1-3H3/t13-/m0/s1. The van der Waals surface area contributed by atoms with Gasteiger partial charge < -0.3 is 15.2 Å². The van der Waals surface area contributed by atoms with E-state index in [1.165, 1.54) is 5.56 Å². The predicted molar refractivity (Wildman–Crippen MR) is 81.1 cm³/mol. The van der Waals surface area contributed by atoms with Crippen LogP contribution in [0.25, 0.3) is 0 Å². The van der Waals surface area contributed by atoms with E-state index < -0.39 is 0 Å². The number of rotatable bonds is 5. The van der Waals surface area contributed by atoms with E-state index in [1.807, 2.05) is 43.3 Å². The first-order valence-electron chi connectivity index (χ1n) is 6.72. The average Bonchev–Trinajstić information content (AvgIpc) is 2.45. The maximum absolute atomic E-state index is 5.96. The van der Waals surface area contributed by atoms with Crippen molar-refractivity contribution in [3.63, 3.8) is 0 Å². The van der Waals surface area contributed by atoms with Crippen LogP contribution in [-0.4, -0.2) is 7.11 Å². The second kappa shape index (κ2) is 6.44. The molecular weight excluding hydrogens is 250 g/mol. The van der Waals surface area contributed by atoms with Gasteiger partial charge in [0, 0.05) is 17.2 Å². The Kier molecular flexibility index (Phi) is 4.64. The summed E-state index contributed by atoms with van der Waals surface area (Å²) in [6, 6.07) is 13.9. The van der Waals surface area contributed by atoms with E-state index in [4.69, 9.17) is 15.2 Å². The van der Waals surface area contributed by atoms with Crippen molar-refractivity contribution in [3.8, 4) is 11.5 Å². The molecule has 0 aliphatic carbocycles. The van der Waals surface area contributed by atoms with Crippen molar-refractivity contribution >= 4 is 0 Å². The van der Waals surface area contributed by atoms with Crippen molar-refractivity contribution in [3.05, 3.63) is 59.2 Å². The number of hydrogen-bond donors (Lipinski definition) is 1. The van der Waals surface area contributed by atoms with Crippen molar-refractivity contribution in [2.45, 2.75) is 26.5 Å². The molecule has 0 radical (unpaired) electrons. The minimum Gasteiger partial charge on any atom is -0.496 e. The minimum absolute atomic E-state index is 0.0504. The third-order valence-electron chi connectivity index (χ3n) is 3.23. The molecule has 0 saturated carbocycles. The summed E-state index contributed by atoms with van der Waals surface area (Å²) in [5.41, 5.74) is 9.19. The Morgan fingerprint density at radius 3 is 2.55 bits per heavy atom. The molecule has 0 amide bonds. The molecule has 2 aromatic carbocycles. The molecule has 106 valence electrons. The Morgan fingerprint density at radius 1 is 1.10 bits per heavy atom. The zero-order valence-corrected chi connectivity index (χ0v) is 12.2. The molecular formula is C17H21NO2. The summed E-state index contributed by atoms with van der Waals surface area (Å²) in [6.45, 7) is 4.48. The van der Waals surface area contributed by atoms with E-state index in [2.05, 4.69) is 13.0 Å². The lowest BCUT2D eigenvalue weighted by molar-refractivity contribution is 0.292. The number of ether oxygens (including phenoxy) is 2. The summed E-state index contributed by atoms with van der Waals surface area (Å²) >= 11 is 0. The summed E-state index contributed by atoms with van der Waals surface area (Å²) in [7, 11) is 1.67. The van der Waals surface area contributed by atoms with E-state index in [-0.39, 0.29) is 6.04 Å². The van der Waals surface area contributed by atoms with Crippen LogP contribution in [0.5, 0.6) is 11.5 Å². The topological polar surface area (TPSA) is 44.5 Å². The molecule has 0 bridgehead atoms. The molecule has 0 aliphatic heterocycles. The largest absolute Gasteiger partial charge is 0.496 e. The fourth-order valence-electron chi connectivity index (χ4n) is 2.16. The molecule has 0 aromatic heterocycles. The molecule has 0 fully saturated rings. The highest BCUT2D eigenvalue weighted by Gasteiger charge is 2.09. The van der Waals surface area contributed by atoms with E-state index >= 15 is 0 Å². The van der Waals surface area contributed by atoms with E-state index in [1.54, 1.807) is 7.11 Å². The smallest absolute Gasteiger partial charge is 0.125 e. The lowest BCUT2D eigenvalue weighted by Crippen LogP contribution is -2.08. The van der Waals surface area contributed by atoms with Gasteiger partial charge >= 0.3 is 0 Å². The number of para-hydroxylation sites is 1. The highest BCUT2D eigenvalue weighted by molar-refractivity contribution is 5.38. The van der Waals surface area contributed by atoms with Crippen LogP contribution in [0.2, 0.25) is 0 Å². The normalized spacial score (nSPS) is 12.0. The first kappa shape index (κ1) is 14.4. The molecule has 1 atom stereocenters. The number of hydrogen-bond acceptors (Lipinski definition) is 3. The van der Waals surface area contributed by atoms with Crippen molar-refractivity contribution < 1.29 is 9.47 Å². The van der Waals surface area contributed by atoms with Gasteiger partial charge in [-0.2, -0.15) is 0 Å². The van der Waals surface area contributed by atoms with E-state index in [0.717, 1.165) is 22.6 Å². The molecule has 0 spiro atoms. The number of benzene rings is 2. The lowest BCUT2D eigenvalue weighted by atomic mass is 10.1. The predicted octanol–water partition coefficient (Wildman–Crippen LogP) is 3.60. The Labute approximate surface area is 120 Å². The van der Waals surface area contributed by atoms with Crippen LogP contribution in [0.1, 0.15) is 29.7 Å². The quantitative estimate of drug-likeness (QED) is 0.903. The van der Waals surface area contributed by atoms with E-state index in [9.17, 15) is 0 Å². The molecule has 20 heavy (non-hydrogen) atoms. The number of nitrogens with two attached hydrogens (primary N) is 1. The van der Waals surface area contributed by atoms with Crippen LogP contribution < -0.4 is 15.2 Å². The molecule has 2 N–H and O–H groups in total. The fraction of sp³-hybridized carbons (Fsp3) is 0.294. The highest BCUT2D eigenvalue weighted by Crippen LogP contribution is 2.26. The van der Waals surface area contributed by atoms with Crippen molar-refractivity contribution in [2.75, 3.05) is 7.11 Å². The Balaban J connectivity index is 2.19. The maximum atomic E-state index is 5.96.